The zero-order valence-electron chi connectivity index (χ0n) is 13.7. The highest BCUT2D eigenvalue weighted by atomic mass is 19.1. The summed E-state index contributed by atoms with van der Waals surface area (Å²) in [5.74, 6) is 0.925. The first-order chi connectivity index (χ1) is 11.6. The van der Waals surface area contributed by atoms with Crippen LogP contribution in [0.3, 0.4) is 0 Å². The second-order valence-corrected chi connectivity index (χ2v) is 6.03. The van der Waals surface area contributed by atoms with Crippen molar-refractivity contribution in [2.24, 2.45) is 0 Å². The van der Waals surface area contributed by atoms with Gasteiger partial charge in [-0.05, 0) is 43.5 Å². The van der Waals surface area contributed by atoms with Gasteiger partial charge in [-0.1, -0.05) is 17.3 Å². The number of aryl methyl sites for hydroxylation is 1. The SMILES string of the molecule is Cc1nc([C@@H]2CCCN2CC(=O)NCCc2ccc(F)cc2)no1. The van der Waals surface area contributed by atoms with Crippen LogP contribution in [0.15, 0.2) is 28.8 Å². The average Bonchev–Trinajstić information content (AvgIpc) is 3.18. The van der Waals surface area contributed by atoms with Gasteiger partial charge in [-0.25, -0.2) is 4.39 Å². The summed E-state index contributed by atoms with van der Waals surface area (Å²) in [5, 5.41) is 6.89. The molecule has 2 aromatic rings. The van der Waals surface area contributed by atoms with Crippen molar-refractivity contribution in [2.45, 2.75) is 32.2 Å². The van der Waals surface area contributed by atoms with E-state index in [2.05, 4.69) is 20.4 Å². The van der Waals surface area contributed by atoms with Crippen molar-refractivity contribution >= 4 is 5.91 Å². The molecule has 6 nitrogen and oxygen atoms in total. The van der Waals surface area contributed by atoms with E-state index in [1.165, 1.54) is 12.1 Å². The number of hydrogen-bond donors (Lipinski definition) is 1. The van der Waals surface area contributed by atoms with E-state index < -0.39 is 0 Å². The molecule has 0 aliphatic carbocycles. The minimum atomic E-state index is -0.250. The van der Waals surface area contributed by atoms with Crippen LogP contribution in [0.4, 0.5) is 4.39 Å². The van der Waals surface area contributed by atoms with Crippen LogP contribution in [-0.4, -0.2) is 40.6 Å². The Hall–Kier alpha value is -2.28. The van der Waals surface area contributed by atoms with Crippen molar-refractivity contribution < 1.29 is 13.7 Å². The van der Waals surface area contributed by atoms with E-state index in [9.17, 15) is 9.18 Å². The molecule has 3 rings (SSSR count). The minimum absolute atomic E-state index is 0.0239. The summed E-state index contributed by atoms with van der Waals surface area (Å²) < 4.78 is 17.9. The van der Waals surface area contributed by atoms with Gasteiger partial charge in [0.2, 0.25) is 11.8 Å². The van der Waals surface area contributed by atoms with E-state index >= 15 is 0 Å². The van der Waals surface area contributed by atoms with Crippen molar-refractivity contribution in [1.29, 1.82) is 0 Å². The second kappa shape index (κ2) is 7.53. The Balaban J connectivity index is 1.46. The highest BCUT2D eigenvalue weighted by molar-refractivity contribution is 5.78. The lowest BCUT2D eigenvalue weighted by atomic mass is 10.1. The molecule has 0 radical (unpaired) electrons. The Bertz CT molecular complexity index is 686. The van der Waals surface area contributed by atoms with Crippen molar-refractivity contribution in [3.05, 3.63) is 47.4 Å². The Kier molecular flexibility index (Phi) is 5.20. The van der Waals surface area contributed by atoms with E-state index in [1.807, 2.05) is 0 Å². The van der Waals surface area contributed by atoms with Crippen LogP contribution >= 0.6 is 0 Å². The van der Waals surface area contributed by atoms with E-state index in [1.54, 1.807) is 19.1 Å². The van der Waals surface area contributed by atoms with Gasteiger partial charge in [0.1, 0.15) is 5.82 Å². The first-order valence-electron chi connectivity index (χ1n) is 8.17. The highest BCUT2D eigenvalue weighted by Crippen LogP contribution is 2.29. The van der Waals surface area contributed by atoms with Crippen LogP contribution < -0.4 is 5.32 Å². The van der Waals surface area contributed by atoms with E-state index in [0.29, 0.717) is 31.2 Å². The molecule has 24 heavy (non-hydrogen) atoms. The van der Waals surface area contributed by atoms with Gasteiger partial charge < -0.3 is 9.84 Å². The fraction of sp³-hybridized carbons (Fsp3) is 0.471. The molecule has 0 spiro atoms. The summed E-state index contributed by atoms with van der Waals surface area (Å²) in [5.41, 5.74) is 0.998. The number of carbonyl (C=O) groups excluding carboxylic acids is 1. The number of nitrogens with zero attached hydrogens (tertiary/aromatic N) is 3. The molecular formula is C17H21FN4O2. The number of halogens is 1. The van der Waals surface area contributed by atoms with Crippen LogP contribution in [0.1, 0.15) is 36.2 Å². The van der Waals surface area contributed by atoms with E-state index in [-0.39, 0.29) is 17.8 Å². The Labute approximate surface area is 140 Å². The number of carbonyl (C=O) groups is 1. The van der Waals surface area contributed by atoms with E-state index in [4.69, 9.17) is 4.52 Å². The standard InChI is InChI=1S/C17H21FN4O2/c1-12-20-17(21-24-12)15-3-2-10-22(15)11-16(23)19-9-8-13-4-6-14(18)7-5-13/h4-7,15H,2-3,8-11H2,1H3,(H,19,23)/t15-/m0/s1. The Morgan fingerprint density at radius 3 is 2.92 bits per heavy atom. The minimum Gasteiger partial charge on any atom is -0.355 e. The summed E-state index contributed by atoms with van der Waals surface area (Å²) >= 11 is 0. The number of rotatable bonds is 6. The zero-order valence-corrected chi connectivity index (χ0v) is 13.7. The monoisotopic (exact) mass is 332 g/mol. The average molecular weight is 332 g/mol. The third-order valence-electron chi connectivity index (χ3n) is 4.20. The number of aromatic nitrogens is 2. The third kappa shape index (κ3) is 4.17. The molecule has 1 fully saturated rings. The molecule has 1 aliphatic heterocycles. The highest BCUT2D eigenvalue weighted by Gasteiger charge is 2.30. The fourth-order valence-electron chi connectivity index (χ4n) is 3.00. The first-order valence-corrected chi connectivity index (χ1v) is 8.17. The van der Waals surface area contributed by atoms with Crippen LogP contribution in [0.5, 0.6) is 0 Å². The summed E-state index contributed by atoms with van der Waals surface area (Å²) in [6.07, 6.45) is 2.63. The molecule has 1 aliphatic rings. The molecule has 1 saturated heterocycles. The maximum absolute atomic E-state index is 12.9. The lowest BCUT2D eigenvalue weighted by Crippen LogP contribution is -2.38. The summed E-state index contributed by atoms with van der Waals surface area (Å²) in [4.78, 5) is 18.5. The summed E-state index contributed by atoms with van der Waals surface area (Å²) in [6.45, 7) is 3.47. The summed E-state index contributed by atoms with van der Waals surface area (Å²) in [7, 11) is 0. The van der Waals surface area contributed by atoms with Gasteiger partial charge in [-0.3, -0.25) is 9.69 Å². The van der Waals surface area contributed by atoms with Gasteiger partial charge in [-0.2, -0.15) is 4.98 Å². The molecule has 1 N–H and O–H groups in total. The lowest BCUT2D eigenvalue weighted by Gasteiger charge is -2.21. The molecular weight excluding hydrogens is 311 g/mol. The van der Waals surface area contributed by atoms with Gasteiger partial charge in [0.15, 0.2) is 5.82 Å². The predicted molar refractivity (Wildman–Crippen MR) is 85.7 cm³/mol. The van der Waals surface area contributed by atoms with Gasteiger partial charge in [0.05, 0.1) is 12.6 Å². The number of likely N-dealkylation sites (tertiary alicyclic amines) is 1. The number of benzene rings is 1. The maximum atomic E-state index is 12.9. The van der Waals surface area contributed by atoms with Gasteiger partial charge in [0.25, 0.3) is 0 Å². The maximum Gasteiger partial charge on any atom is 0.234 e. The molecule has 1 atom stereocenters. The smallest absolute Gasteiger partial charge is 0.234 e. The molecule has 2 heterocycles. The second-order valence-electron chi connectivity index (χ2n) is 6.03. The lowest BCUT2D eigenvalue weighted by molar-refractivity contribution is -0.122. The number of nitrogens with one attached hydrogen (secondary N) is 1. The molecule has 7 heteroatoms. The fourth-order valence-corrected chi connectivity index (χ4v) is 3.00. The number of hydrogen-bond acceptors (Lipinski definition) is 5. The largest absolute Gasteiger partial charge is 0.355 e. The molecule has 128 valence electrons. The van der Waals surface area contributed by atoms with Crippen LogP contribution in [0, 0.1) is 12.7 Å². The normalized spacial score (nSPS) is 18.0. The molecule has 1 aromatic carbocycles. The van der Waals surface area contributed by atoms with Crippen molar-refractivity contribution in [1.82, 2.24) is 20.4 Å². The van der Waals surface area contributed by atoms with Crippen molar-refractivity contribution in [3.63, 3.8) is 0 Å². The summed E-state index contributed by atoms with van der Waals surface area (Å²) in [6, 6.07) is 6.37. The predicted octanol–water partition coefficient (Wildman–Crippen LogP) is 2.01. The quantitative estimate of drug-likeness (QED) is 0.876. The van der Waals surface area contributed by atoms with Gasteiger partial charge >= 0.3 is 0 Å². The van der Waals surface area contributed by atoms with Crippen LogP contribution in [0.25, 0.3) is 0 Å². The molecule has 0 unspecified atom stereocenters. The molecule has 0 bridgehead atoms. The van der Waals surface area contributed by atoms with Gasteiger partial charge in [-0.15, -0.1) is 0 Å². The molecule has 1 aromatic heterocycles. The van der Waals surface area contributed by atoms with Gasteiger partial charge in [0, 0.05) is 13.5 Å². The van der Waals surface area contributed by atoms with Crippen molar-refractivity contribution in [3.8, 4) is 0 Å². The van der Waals surface area contributed by atoms with Crippen LogP contribution in [0.2, 0.25) is 0 Å². The van der Waals surface area contributed by atoms with Crippen LogP contribution in [-0.2, 0) is 11.2 Å². The topological polar surface area (TPSA) is 71.3 Å². The Morgan fingerprint density at radius 2 is 2.21 bits per heavy atom. The van der Waals surface area contributed by atoms with E-state index in [0.717, 1.165) is 24.9 Å². The zero-order chi connectivity index (χ0) is 16.9. The Morgan fingerprint density at radius 1 is 1.42 bits per heavy atom. The first kappa shape index (κ1) is 16.6. The molecule has 0 saturated carbocycles. The number of amides is 1. The van der Waals surface area contributed by atoms with Crippen molar-refractivity contribution in [2.75, 3.05) is 19.6 Å². The molecule has 1 amide bonds. The third-order valence-corrected chi connectivity index (χ3v) is 4.20.